The monoisotopic (exact) mass is 369 g/mol. The zero-order chi connectivity index (χ0) is 16.9. The van der Waals surface area contributed by atoms with E-state index in [-0.39, 0.29) is 28.1 Å². The molecule has 2 amide bonds. The van der Waals surface area contributed by atoms with Gasteiger partial charge < -0.3 is 9.80 Å². The number of carbonyl (C=O) groups excluding carboxylic acids is 2. The van der Waals surface area contributed by atoms with E-state index in [4.69, 9.17) is 0 Å². The van der Waals surface area contributed by atoms with E-state index in [1.54, 1.807) is 27.3 Å². The number of hydrogen-bond donors (Lipinski definition) is 1. The zero-order valence-corrected chi connectivity index (χ0v) is 14.7. The third-order valence-corrected chi connectivity index (χ3v) is 7.99. The summed E-state index contributed by atoms with van der Waals surface area (Å²) in [6.07, 6.45) is 2.48. The smallest absolute Gasteiger partial charge is 0.250 e. The standard InChI is InChI=1S/C15H19N3O4S2/c19-14-11-3-1-6-17(11)15(20)12-9-10(5-7-18(12)14)16-24(21,22)13-4-2-8-23-13/h2,4,8,10-12,16H,1,3,5-7,9H2/t10-,11-,12-/m1/s1. The van der Waals surface area contributed by atoms with Gasteiger partial charge in [0.25, 0.3) is 0 Å². The van der Waals surface area contributed by atoms with E-state index < -0.39 is 16.1 Å². The van der Waals surface area contributed by atoms with E-state index in [2.05, 4.69) is 4.72 Å². The maximum Gasteiger partial charge on any atom is 0.250 e. The van der Waals surface area contributed by atoms with Gasteiger partial charge in [-0.1, -0.05) is 6.07 Å². The van der Waals surface area contributed by atoms with Crippen molar-refractivity contribution in [3.63, 3.8) is 0 Å². The van der Waals surface area contributed by atoms with Crippen molar-refractivity contribution < 1.29 is 18.0 Å². The predicted octanol–water partition coefficient (Wildman–Crippen LogP) is 0.391. The lowest BCUT2D eigenvalue weighted by molar-refractivity contribution is -0.161. The normalized spacial score (nSPS) is 30.4. The van der Waals surface area contributed by atoms with Crippen molar-refractivity contribution in [1.29, 1.82) is 0 Å². The number of thiophene rings is 1. The zero-order valence-electron chi connectivity index (χ0n) is 13.1. The van der Waals surface area contributed by atoms with Crippen LogP contribution in [0, 0.1) is 0 Å². The van der Waals surface area contributed by atoms with Crippen molar-refractivity contribution in [1.82, 2.24) is 14.5 Å². The summed E-state index contributed by atoms with van der Waals surface area (Å²) in [5.41, 5.74) is 0. The van der Waals surface area contributed by atoms with Gasteiger partial charge in [0.2, 0.25) is 21.8 Å². The molecule has 3 saturated heterocycles. The molecule has 0 radical (unpaired) electrons. The number of piperazine rings is 1. The summed E-state index contributed by atoms with van der Waals surface area (Å²) in [7, 11) is -3.56. The highest BCUT2D eigenvalue weighted by Crippen LogP contribution is 2.32. The second kappa shape index (κ2) is 5.82. The first-order valence-corrected chi connectivity index (χ1v) is 10.5. The molecule has 0 unspecified atom stereocenters. The summed E-state index contributed by atoms with van der Waals surface area (Å²) >= 11 is 1.16. The predicted molar refractivity (Wildman–Crippen MR) is 87.9 cm³/mol. The van der Waals surface area contributed by atoms with Gasteiger partial charge in [0.15, 0.2) is 0 Å². The summed E-state index contributed by atoms with van der Waals surface area (Å²) < 4.78 is 27.7. The van der Waals surface area contributed by atoms with Crippen LogP contribution in [0.15, 0.2) is 21.7 Å². The minimum absolute atomic E-state index is 0.0247. The average molecular weight is 369 g/mol. The van der Waals surface area contributed by atoms with Crippen LogP contribution in [0.2, 0.25) is 0 Å². The van der Waals surface area contributed by atoms with E-state index in [9.17, 15) is 18.0 Å². The van der Waals surface area contributed by atoms with Crippen LogP contribution in [0.25, 0.3) is 0 Å². The Morgan fingerprint density at radius 3 is 2.58 bits per heavy atom. The highest BCUT2D eigenvalue weighted by molar-refractivity contribution is 7.91. The lowest BCUT2D eigenvalue weighted by Crippen LogP contribution is -2.66. The Hall–Kier alpha value is -1.45. The van der Waals surface area contributed by atoms with Gasteiger partial charge in [0.1, 0.15) is 16.3 Å². The fraction of sp³-hybridized carbons (Fsp3) is 0.600. The van der Waals surface area contributed by atoms with Gasteiger partial charge in [-0.25, -0.2) is 13.1 Å². The second-order valence-electron chi connectivity index (χ2n) is 6.51. The molecular weight excluding hydrogens is 350 g/mol. The molecule has 7 nitrogen and oxygen atoms in total. The van der Waals surface area contributed by atoms with Crippen LogP contribution >= 0.6 is 11.3 Å². The quantitative estimate of drug-likeness (QED) is 0.835. The topological polar surface area (TPSA) is 86.8 Å². The molecule has 1 N–H and O–H groups in total. The minimum atomic E-state index is -3.56. The number of nitrogens with one attached hydrogen (secondary N) is 1. The number of hydrogen-bond acceptors (Lipinski definition) is 5. The largest absolute Gasteiger partial charge is 0.329 e. The number of fused-ring (bicyclic) bond motifs is 2. The van der Waals surface area contributed by atoms with Gasteiger partial charge in [-0.3, -0.25) is 9.59 Å². The second-order valence-corrected chi connectivity index (χ2v) is 9.40. The van der Waals surface area contributed by atoms with E-state index >= 15 is 0 Å². The molecule has 0 saturated carbocycles. The van der Waals surface area contributed by atoms with Crippen molar-refractivity contribution >= 4 is 33.2 Å². The van der Waals surface area contributed by atoms with Crippen molar-refractivity contribution in [3.8, 4) is 0 Å². The van der Waals surface area contributed by atoms with Crippen molar-refractivity contribution in [2.75, 3.05) is 13.1 Å². The van der Waals surface area contributed by atoms with Gasteiger partial charge in [-0.15, -0.1) is 11.3 Å². The number of carbonyl (C=O) groups is 2. The van der Waals surface area contributed by atoms with Crippen LogP contribution in [-0.2, 0) is 19.6 Å². The third kappa shape index (κ3) is 2.55. The molecule has 0 spiro atoms. The summed E-state index contributed by atoms with van der Waals surface area (Å²) in [5.74, 6) is -0.00575. The highest BCUT2D eigenvalue weighted by Gasteiger charge is 2.49. The molecule has 1 aromatic heterocycles. The Labute approximate surface area is 144 Å². The summed E-state index contributed by atoms with van der Waals surface area (Å²) in [6, 6.07) is 2.10. The number of nitrogens with zero attached hydrogens (tertiary/aromatic N) is 2. The van der Waals surface area contributed by atoms with E-state index in [1.165, 1.54) is 0 Å². The number of rotatable bonds is 3. The van der Waals surface area contributed by atoms with Crippen molar-refractivity contribution in [3.05, 3.63) is 17.5 Å². The molecule has 3 aliphatic rings. The molecular formula is C15H19N3O4S2. The molecule has 9 heteroatoms. The molecule has 3 fully saturated rings. The third-order valence-electron chi connectivity index (χ3n) is 5.07. The molecule has 3 aliphatic heterocycles. The Kier molecular flexibility index (Phi) is 3.89. The Morgan fingerprint density at radius 2 is 1.83 bits per heavy atom. The van der Waals surface area contributed by atoms with Gasteiger partial charge in [0.05, 0.1) is 0 Å². The van der Waals surface area contributed by atoms with Crippen LogP contribution in [0.5, 0.6) is 0 Å². The average Bonchev–Trinajstić information content (AvgIpc) is 3.23. The number of sulfonamides is 1. The van der Waals surface area contributed by atoms with E-state index in [0.29, 0.717) is 25.9 Å². The van der Waals surface area contributed by atoms with Crippen LogP contribution in [0.1, 0.15) is 25.7 Å². The van der Waals surface area contributed by atoms with Crippen molar-refractivity contribution in [2.45, 2.75) is 48.0 Å². The SMILES string of the molecule is O=C1[C@H]2C[C@H](NS(=O)(=O)c3cccs3)CCN2C(=O)[C@H]2CCCN12. The van der Waals surface area contributed by atoms with Gasteiger partial charge >= 0.3 is 0 Å². The molecule has 0 aliphatic carbocycles. The maximum atomic E-state index is 12.7. The number of piperidine rings is 1. The van der Waals surface area contributed by atoms with Crippen LogP contribution in [-0.4, -0.2) is 61.2 Å². The minimum Gasteiger partial charge on any atom is -0.329 e. The molecule has 3 atom stereocenters. The van der Waals surface area contributed by atoms with Gasteiger partial charge in [-0.2, -0.15) is 0 Å². The summed E-state index contributed by atoms with van der Waals surface area (Å²) in [5, 5.41) is 1.72. The van der Waals surface area contributed by atoms with Crippen LogP contribution in [0.4, 0.5) is 0 Å². The molecule has 24 heavy (non-hydrogen) atoms. The Morgan fingerprint density at radius 1 is 1.08 bits per heavy atom. The molecule has 4 rings (SSSR count). The maximum absolute atomic E-state index is 12.7. The molecule has 1 aromatic rings. The van der Waals surface area contributed by atoms with Crippen LogP contribution in [0.3, 0.4) is 0 Å². The highest BCUT2D eigenvalue weighted by atomic mass is 32.2. The van der Waals surface area contributed by atoms with E-state index in [0.717, 1.165) is 24.2 Å². The fourth-order valence-electron chi connectivity index (χ4n) is 3.93. The number of amides is 2. The Balaban J connectivity index is 1.51. The molecule has 130 valence electrons. The lowest BCUT2D eigenvalue weighted by atomic mass is 9.93. The molecule has 0 bridgehead atoms. The first kappa shape index (κ1) is 16.0. The lowest BCUT2D eigenvalue weighted by Gasteiger charge is -2.46. The van der Waals surface area contributed by atoms with Gasteiger partial charge in [0, 0.05) is 19.1 Å². The molecule has 4 heterocycles. The van der Waals surface area contributed by atoms with Crippen LogP contribution < -0.4 is 4.72 Å². The summed E-state index contributed by atoms with van der Waals surface area (Å²) in [4.78, 5) is 28.6. The fourth-order valence-corrected chi connectivity index (χ4v) is 6.23. The van der Waals surface area contributed by atoms with Gasteiger partial charge in [-0.05, 0) is 37.1 Å². The molecule has 0 aromatic carbocycles. The van der Waals surface area contributed by atoms with Crippen molar-refractivity contribution in [2.24, 2.45) is 0 Å². The van der Waals surface area contributed by atoms with E-state index in [1.807, 2.05) is 0 Å². The first-order chi connectivity index (χ1) is 11.5. The summed E-state index contributed by atoms with van der Waals surface area (Å²) in [6.45, 7) is 1.06. The first-order valence-electron chi connectivity index (χ1n) is 8.14. The Bertz CT molecular complexity index is 762.